The van der Waals surface area contributed by atoms with Crippen LogP contribution in [0.2, 0.25) is 0 Å². The lowest BCUT2D eigenvalue weighted by Crippen LogP contribution is -2.49. The number of quaternary nitrogens is 1. The van der Waals surface area contributed by atoms with E-state index in [4.69, 9.17) is 19.0 Å². The Bertz CT molecular complexity index is 596. The zero-order chi connectivity index (χ0) is 28.0. The maximum atomic E-state index is 12.7. The van der Waals surface area contributed by atoms with Gasteiger partial charge in [0, 0.05) is 35.8 Å². The fourth-order valence-electron chi connectivity index (χ4n) is 4.75. The highest BCUT2D eigenvalue weighted by atomic mass is 32.2. The van der Waals surface area contributed by atoms with Crippen LogP contribution in [-0.2, 0) is 24.6 Å². The minimum Gasteiger partial charge on any atom is -0.384 e. The molecule has 0 aliphatic heterocycles. The second-order valence-corrected chi connectivity index (χ2v) is 14.6. The fraction of sp³-hybridized carbons (Fsp3) is 1.00. The highest BCUT2D eigenvalue weighted by molar-refractivity contribution is 7.84. The summed E-state index contributed by atoms with van der Waals surface area (Å²) in [5, 5.41) is 0. The maximum absolute atomic E-state index is 12.7. The molecule has 0 saturated carbocycles. The van der Waals surface area contributed by atoms with Gasteiger partial charge in [-0.15, -0.1) is 0 Å². The third-order valence-electron chi connectivity index (χ3n) is 7.19. The summed E-state index contributed by atoms with van der Waals surface area (Å²) in [6.45, 7) is 2.71. The van der Waals surface area contributed by atoms with E-state index in [2.05, 4.69) is 6.92 Å². The van der Waals surface area contributed by atoms with Crippen molar-refractivity contribution in [1.29, 1.82) is 0 Å². The molecule has 7 nitrogen and oxygen atoms in total. The van der Waals surface area contributed by atoms with Crippen molar-refractivity contribution in [2.24, 2.45) is 5.92 Å². The standard InChI is InChI=1S/C28H60NO6PS/c1-6-7-8-9-10-11-12-13-14-15-16-17-18-19-20-21-22-37(33)26-27(24-34-5)23-28(29(2,3)4)25-35-36(30,31)32/h27-28H,6-26H2,1-5H3,(H-,30,31,32)/p+1. The van der Waals surface area contributed by atoms with Gasteiger partial charge in [0.15, 0.2) is 0 Å². The molecule has 0 aromatic rings. The Labute approximate surface area is 231 Å². The number of methoxy groups -OCH3 is 1. The summed E-state index contributed by atoms with van der Waals surface area (Å²) in [7, 11) is 2.14. The minimum absolute atomic E-state index is 0.0419. The summed E-state index contributed by atoms with van der Waals surface area (Å²) in [6.07, 6.45) is 21.9. The lowest BCUT2D eigenvalue weighted by atomic mass is 10.0. The quantitative estimate of drug-likeness (QED) is 0.0639. The van der Waals surface area contributed by atoms with E-state index >= 15 is 0 Å². The van der Waals surface area contributed by atoms with Crippen LogP contribution in [0.15, 0.2) is 0 Å². The van der Waals surface area contributed by atoms with Crippen molar-refractivity contribution in [3.63, 3.8) is 0 Å². The van der Waals surface area contributed by atoms with E-state index in [0.29, 0.717) is 29.0 Å². The van der Waals surface area contributed by atoms with Crippen molar-refractivity contribution in [3.8, 4) is 0 Å². The van der Waals surface area contributed by atoms with Crippen molar-refractivity contribution >= 4 is 18.6 Å². The van der Waals surface area contributed by atoms with Crippen LogP contribution < -0.4 is 0 Å². The summed E-state index contributed by atoms with van der Waals surface area (Å²) < 4.78 is 34.6. The van der Waals surface area contributed by atoms with Crippen LogP contribution in [0.3, 0.4) is 0 Å². The number of hydrogen-bond donors (Lipinski definition) is 2. The fourth-order valence-corrected chi connectivity index (χ4v) is 6.57. The summed E-state index contributed by atoms with van der Waals surface area (Å²) in [4.78, 5) is 18.2. The Balaban J connectivity index is 3.94. The Morgan fingerprint density at radius 1 is 0.757 bits per heavy atom. The van der Waals surface area contributed by atoms with E-state index < -0.39 is 18.6 Å². The molecule has 3 atom stereocenters. The lowest BCUT2D eigenvalue weighted by Gasteiger charge is -2.36. The molecule has 0 rings (SSSR count). The van der Waals surface area contributed by atoms with E-state index in [-0.39, 0.29) is 18.6 Å². The van der Waals surface area contributed by atoms with Gasteiger partial charge in [0.1, 0.15) is 12.6 Å². The smallest absolute Gasteiger partial charge is 0.384 e. The monoisotopic (exact) mass is 570 g/mol. The van der Waals surface area contributed by atoms with Crippen molar-refractivity contribution in [1.82, 2.24) is 0 Å². The van der Waals surface area contributed by atoms with Crippen LogP contribution in [0.5, 0.6) is 0 Å². The number of phosphoric acid groups is 1. The van der Waals surface area contributed by atoms with Crippen LogP contribution in [0.1, 0.15) is 116 Å². The first kappa shape index (κ1) is 37.2. The van der Waals surface area contributed by atoms with Gasteiger partial charge in [-0.2, -0.15) is 0 Å². The number of likely N-dealkylation sites (N-methyl/N-ethyl adjacent to an activating group) is 1. The number of hydrogen-bond acceptors (Lipinski definition) is 4. The molecule has 0 amide bonds. The van der Waals surface area contributed by atoms with E-state index in [0.717, 1.165) is 12.8 Å². The molecule has 2 N–H and O–H groups in total. The molecule has 0 spiro atoms. The molecule has 37 heavy (non-hydrogen) atoms. The molecule has 0 saturated heterocycles. The van der Waals surface area contributed by atoms with Gasteiger partial charge in [-0.1, -0.05) is 103 Å². The third-order valence-corrected chi connectivity index (χ3v) is 9.26. The van der Waals surface area contributed by atoms with Gasteiger partial charge < -0.3 is 19.0 Å². The molecule has 0 aliphatic rings. The molecule has 0 fully saturated rings. The lowest BCUT2D eigenvalue weighted by molar-refractivity contribution is -0.897. The number of phosphoric ester groups is 1. The molecule has 0 aromatic carbocycles. The first-order valence-electron chi connectivity index (χ1n) is 14.8. The Morgan fingerprint density at radius 3 is 1.57 bits per heavy atom. The first-order valence-corrected chi connectivity index (χ1v) is 17.9. The van der Waals surface area contributed by atoms with Crippen molar-refractivity contribution in [2.75, 3.05) is 53.0 Å². The van der Waals surface area contributed by atoms with Gasteiger partial charge >= 0.3 is 7.82 Å². The van der Waals surface area contributed by atoms with Crippen molar-refractivity contribution in [2.45, 2.75) is 122 Å². The molecule has 0 radical (unpaired) electrons. The van der Waals surface area contributed by atoms with Crippen LogP contribution in [0.4, 0.5) is 0 Å². The number of unbranched alkanes of at least 4 members (excludes halogenated alkanes) is 15. The highest BCUT2D eigenvalue weighted by Crippen LogP contribution is 2.36. The molecule has 0 heterocycles. The van der Waals surface area contributed by atoms with Crippen molar-refractivity contribution in [3.05, 3.63) is 0 Å². The summed E-state index contributed by atoms with van der Waals surface area (Å²) in [5.41, 5.74) is 0. The average Bonchev–Trinajstić information content (AvgIpc) is 2.80. The third kappa shape index (κ3) is 24.9. The van der Waals surface area contributed by atoms with Gasteiger partial charge in [0.05, 0.1) is 27.7 Å². The van der Waals surface area contributed by atoms with Crippen LogP contribution in [0.25, 0.3) is 0 Å². The summed E-state index contributed by atoms with van der Waals surface area (Å²) >= 11 is 0. The molecular formula is C28H61NO6PS+. The van der Waals surface area contributed by atoms with E-state index in [1.54, 1.807) is 7.11 Å². The highest BCUT2D eigenvalue weighted by Gasteiger charge is 2.31. The van der Waals surface area contributed by atoms with Crippen LogP contribution in [0, 0.1) is 5.92 Å². The van der Waals surface area contributed by atoms with E-state index in [1.165, 1.54) is 89.9 Å². The second kappa shape index (κ2) is 22.9. The predicted octanol–water partition coefficient (Wildman–Crippen LogP) is 6.83. The number of ether oxygens (including phenoxy) is 1. The van der Waals surface area contributed by atoms with Gasteiger partial charge in [0.25, 0.3) is 0 Å². The van der Waals surface area contributed by atoms with Crippen LogP contribution >= 0.6 is 7.82 Å². The number of rotatable bonds is 27. The number of nitrogens with zero attached hydrogens (tertiary/aromatic N) is 1. The van der Waals surface area contributed by atoms with Gasteiger partial charge in [-0.05, 0) is 12.3 Å². The molecule has 0 aromatic heterocycles. The second-order valence-electron chi connectivity index (χ2n) is 11.7. The Hall–Kier alpha value is 0.180. The molecule has 224 valence electrons. The molecule has 0 aliphatic carbocycles. The zero-order valence-electron chi connectivity index (χ0n) is 24.8. The zero-order valence-corrected chi connectivity index (χ0v) is 26.5. The Kier molecular flexibility index (Phi) is 23.1. The van der Waals surface area contributed by atoms with E-state index in [1.807, 2.05) is 21.1 Å². The topological polar surface area (TPSA) is 93.1 Å². The molecule has 0 bridgehead atoms. The van der Waals surface area contributed by atoms with E-state index in [9.17, 15) is 8.77 Å². The molecule has 3 unspecified atom stereocenters. The van der Waals surface area contributed by atoms with Gasteiger partial charge in [0.2, 0.25) is 0 Å². The SMILES string of the molecule is CCCCCCCCCCCCCCCCCCS(=O)CC(COC)CC(COP(=O)(O)O)[N+](C)(C)C. The largest absolute Gasteiger partial charge is 0.469 e. The van der Waals surface area contributed by atoms with Crippen molar-refractivity contribution < 1.29 is 32.3 Å². The summed E-state index contributed by atoms with van der Waals surface area (Å²) in [5.74, 6) is 1.33. The normalized spacial score (nSPS) is 15.1. The average molecular weight is 571 g/mol. The van der Waals surface area contributed by atoms with Gasteiger partial charge in [-0.3, -0.25) is 8.73 Å². The maximum Gasteiger partial charge on any atom is 0.469 e. The predicted molar refractivity (Wildman–Crippen MR) is 157 cm³/mol. The Morgan fingerprint density at radius 2 is 1.19 bits per heavy atom. The minimum atomic E-state index is -4.52. The first-order chi connectivity index (χ1) is 17.5. The molecular weight excluding hydrogens is 509 g/mol. The summed E-state index contributed by atoms with van der Waals surface area (Å²) in [6, 6.07) is -0.125. The molecule has 9 heteroatoms. The van der Waals surface area contributed by atoms with Gasteiger partial charge in [-0.25, -0.2) is 4.57 Å². The van der Waals surface area contributed by atoms with Crippen LogP contribution in [-0.4, -0.2) is 77.5 Å².